The molecule has 1 aliphatic carbocycles. The van der Waals surface area contributed by atoms with E-state index in [0.717, 1.165) is 42.6 Å². The second kappa shape index (κ2) is 6.75. The van der Waals surface area contributed by atoms with E-state index in [0.29, 0.717) is 6.54 Å². The quantitative estimate of drug-likeness (QED) is 0.899. The van der Waals surface area contributed by atoms with E-state index in [1.54, 1.807) is 6.20 Å². The fourth-order valence-electron chi connectivity index (χ4n) is 3.70. The van der Waals surface area contributed by atoms with E-state index >= 15 is 0 Å². The number of pyridine rings is 1. The molecule has 1 saturated carbocycles. The summed E-state index contributed by atoms with van der Waals surface area (Å²) in [5.41, 5.74) is 2.11. The number of hydrogen-bond acceptors (Lipinski definition) is 3. The van der Waals surface area contributed by atoms with Gasteiger partial charge < -0.3 is 15.4 Å². The van der Waals surface area contributed by atoms with Gasteiger partial charge in [-0.05, 0) is 43.4 Å². The normalized spacial score (nSPS) is 20.1. The van der Waals surface area contributed by atoms with E-state index in [-0.39, 0.29) is 17.7 Å². The Bertz CT molecular complexity index is 744. The maximum atomic E-state index is 12.3. The van der Waals surface area contributed by atoms with Crippen molar-refractivity contribution in [2.75, 3.05) is 6.54 Å². The zero-order valence-electron chi connectivity index (χ0n) is 14.2. The molecule has 2 aromatic rings. The molecule has 2 heterocycles. The summed E-state index contributed by atoms with van der Waals surface area (Å²) in [5.74, 6) is 0.911. The van der Waals surface area contributed by atoms with Crippen molar-refractivity contribution in [1.82, 2.24) is 15.6 Å². The molecule has 1 aromatic heterocycles. The summed E-state index contributed by atoms with van der Waals surface area (Å²) in [7, 11) is 0. The van der Waals surface area contributed by atoms with Crippen molar-refractivity contribution < 1.29 is 9.53 Å². The Hall–Kier alpha value is -2.56. The van der Waals surface area contributed by atoms with Crippen LogP contribution in [0.4, 0.5) is 4.79 Å². The molecule has 1 atom stereocenters. The van der Waals surface area contributed by atoms with Crippen LogP contribution >= 0.6 is 0 Å². The van der Waals surface area contributed by atoms with Gasteiger partial charge in [-0.3, -0.25) is 4.98 Å². The number of hydrogen-bond donors (Lipinski definition) is 2. The lowest BCUT2D eigenvalue weighted by molar-refractivity contribution is -0.0355. The molecule has 5 heteroatoms. The van der Waals surface area contributed by atoms with Gasteiger partial charge in [0.2, 0.25) is 0 Å². The van der Waals surface area contributed by atoms with Gasteiger partial charge in [0, 0.05) is 30.9 Å². The number of urea groups is 1. The molecule has 25 heavy (non-hydrogen) atoms. The first kappa shape index (κ1) is 15.9. The van der Waals surface area contributed by atoms with Gasteiger partial charge in [0.05, 0.1) is 6.04 Å². The Morgan fingerprint density at radius 1 is 1.24 bits per heavy atom. The zero-order chi connectivity index (χ0) is 17.1. The van der Waals surface area contributed by atoms with Crippen LogP contribution < -0.4 is 15.4 Å². The second-order valence-electron chi connectivity index (χ2n) is 6.94. The van der Waals surface area contributed by atoms with Gasteiger partial charge in [0.15, 0.2) is 0 Å². The average Bonchev–Trinajstić information content (AvgIpc) is 2.61. The van der Waals surface area contributed by atoms with Crippen LogP contribution in [0.5, 0.6) is 5.75 Å². The van der Waals surface area contributed by atoms with Crippen LogP contribution in [0.15, 0.2) is 48.8 Å². The van der Waals surface area contributed by atoms with Gasteiger partial charge in [0.25, 0.3) is 0 Å². The van der Waals surface area contributed by atoms with Gasteiger partial charge in [-0.1, -0.05) is 24.3 Å². The molecule has 4 rings (SSSR count). The number of nitrogens with zero attached hydrogens (tertiary/aromatic N) is 1. The van der Waals surface area contributed by atoms with Crippen LogP contribution in [0.2, 0.25) is 0 Å². The summed E-state index contributed by atoms with van der Waals surface area (Å²) in [6.45, 7) is 0.591. The highest BCUT2D eigenvalue weighted by molar-refractivity contribution is 5.74. The molecule has 1 aliphatic heterocycles. The molecule has 0 bridgehead atoms. The zero-order valence-corrected chi connectivity index (χ0v) is 14.2. The minimum atomic E-state index is -0.125. The number of rotatable bonds is 4. The molecule has 5 nitrogen and oxygen atoms in total. The number of fused-ring (bicyclic) bond motifs is 1. The van der Waals surface area contributed by atoms with Crippen LogP contribution in [-0.4, -0.2) is 23.2 Å². The van der Waals surface area contributed by atoms with Crippen LogP contribution in [0.3, 0.4) is 0 Å². The summed E-state index contributed by atoms with van der Waals surface area (Å²) >= 11 is 0. The molecular formula is C20H23N3O2. The highest BCUT2D eigenvalue weighted by atomic mass is 16.5. The maximum Gasteiger partial charge on any atom is 0.315 e. The van der Waals surface area contributed by atoms with Crippen LogP contribution in [0, 0.1) is 0 Å². The van der Waals surface area contributed by atoms with E-state index in [4.69, 9.17) is 4.74 Å². The van der Waals surface area contributed by atoms with Crippen molar-refractivity contribution >= 4 is 6.03 Å². The number of carbonyl (C=O) groups excluding carboxylic acids is 1. The number of carbonyl (C=O) groups is 1. The number of ether oxygens (including phenoxy) is 1. The van der Waals surface area contributed by atoms with Crippen molar-refractivity contribution in [3.8, 4) is 5.75 Å². The molecule has 0 radical (unpaired) electrons. The highest BCUT2D eigenvalue weighted by Gasteiger charge is 2.45. The van der Waals surface area contributed by atoms with E-state index < -0.39 is 0 Å². The number of amides is 2. The minimum Gasteiger partial charge on any atom is -0.487 e. The molecule has 1 unspecified atom stereocenters. The summed E-state index contributed by atoms with van der Waals surface area (Å²) < 4.78 is 6.23. The van der Waals surface area contributed by atoms with Crippen LogP contribution in [-0.2, 0) is 6.42 Å². The lowest BCUT2D eigenvalue weighted by atomic mass is 9.73. The number of aromatic nitrogens is 1. The van der Waals surface area contributed by atoms with Gasteiger partial charge >= 0.3 is 6.03 Å². The van der Waals surface area contributed by atoms with Crippen LogP contribution in [0.25, 0.3) is 0 Å². The number of para-hydroxylation sites is 1. The van der Waals surface area contributed by atoms with Crippen molar-refractivity contribution in [1.29, 1.82) is 0 Å². The smallest absolute Gasteiger partial charge is 0.315 e. The van der Waals surface area contributed by atoms with Crippen molar-refractivity contribution in [2.24, 2.45) is 0 Å². The Kier molecular flexibility index (Phi) is 4.30. The van der Waals surface area contributed by atoms with E-state index in [2.05, 4.69) is 15.6 Å². The Morgan fingerprint density at radius 2 is 2.12 bits per heavy atom. The molecule has 1 fully saturated rings. The van der Waals surface area contributed by atoms with Crippen molar-refractivity contribution in [2.45, 2.75) is 43.7 Å². The predicted octanol–water partition coefficient (Wildman–Crippen LogP) is 3.37. The Balaban J connectivity index is 1.37. The van der Waals surface area contributed by atoms with E-state index in [1.165, 1.54) is 6.42 Å². The molecule has 2 N–H and O–H groups in total. The van der Waals surface area contributed by atoms with E-state index in [9.17, 15) is 4.79 Å². The monoisotopic (exact) mass is 337 g/mol. The highest BCUT2D eigenvalue weighted by Crippen LogP contribution is 2.48. The summed E-state index contributed by atoms with van der Waals surface area (Å²) in [6.07, 6.45) is 8.54. The first-order valence-corrected chi connectivity index (χ1v) is 8.95. The second-order valence-corrected chi connectivity index (χ2v) is 6.94. The largest absolute Gasteiger partial charge is 0.487 e. The number of benzene rings is 1. The van der Waals surface area contributed by atoms with Crippen LogP contribution in [0.1, 0.15) is 42.9 Å². The number of nitrogens with one attached hydrogen (secondary N) is 2. The third-order valence-electron chi connectivity index (χ3n) is 5.19. The molecule has 1 aromatic carbocycles. The molecule has 2 aliphatic rings. The summed E-state index contributed by atoms with van der Waals surface area (Å²) in [4.78, 5) is 16.4. The topological polar surface area (TPSA) is 63.2 Å². The molecule has 130 valence electrons. The SMILES string of the molecule is O=C(NCCc1cccnc1)NC1CC2(CCC2)Oc2ccccc21. The average molecular weight is 337 g/mol. The lowest BCUT2D eigenvalue weighted by Crippen LogP contribution is -2.51. The van der Waals surface area contributed by atoms with Gasteiger partial charge in [-0.25, -0.2) is 4.79 Å². The van der Waals surface area contributed by atoms with Gasteiger partial charge in [-0.15, -0.1) is 0 Å². The summed E-state index contributed by atoms with van der Waals surface area (Å²) in [6, 6.07) is 11.8. The third kappa shape index (κ3) is 3.45. The first-order valence-electron chi connectivity index (χ1n) is 8.95. The lowest BCUT2D eigenvalue weighted by Gasteiger charge is -2.48. The van der Waals surface area contributed by atoms with Gasteiger partial charge in [-0.2, -0.15) is 0 Å². The first-order chi connectivity index (χ1) is 12.2. The minimum absolute atomic E-state index is 0.00337. The third-order valence-corrected chi connectivity index (χ3v) is 5.19. The Labute approximate surface area is 147 Å². The van der Waals surface area contributed by atoms with Crippen molar-refractivity contribution in [3.63, 3.8) is 0 Å². The molecule has 2 amide bonds. The molecule has 0 saturated heterocycles. The molecule has 1 spiro atoms. The standard InChI is InChI=1S/C20H23N3O2/c24-19(22-12-8-15-5-3-11-21-14-15)23-17-13-20(9-4-10-20)25-18-7-2-1-6-16(17)18/h1-3,5-7,11,14,17H,4,8-10,12-13H2,(H2,22,23,24). The summed E-state index contributed by atoms with van der Waals surface area (Å²) in [5, 5.41) is 6.09. The fraction of sp³-hybridized carbons (Fsp3) is 0.400. The van der Waals surface area contributed by atoms with E-state index in [1.807, 2.05) is 42.6 Å². The maximum absolute atomic E-state index is 12.3. The van der Waals surface area contributed by atoms with Gasteiger partial charge in [0.1, 0.15) is 11.4 Å². The predicted molar refractivity (Wildman–Crippen MR) is 95.5 cm³/mol. The molecular weight excluding hydrogens is 314 g/mol. The Morgan fingerprint density at radius 3 is 2.88 bits per heavy atom. The van der Waals surface area contributed by atoms with Crippen molar-refractivity contribution in [3.05, 3.63) is 59.9 Å². The fourth-order valence-corrected chi connectivity index (χ4v) is 3.70.